The summed E-state index contributed by atoms with van der Waals surface area (Å²) in [6, 6.07) is 12.8. The highest BCUT2D eigenvalue weighted by molar-refractivity contribution is 6.00. The van der Waals surface area contributed by atoms with E-state index in [-0.39, 0.29) is 41.6 Å². The number of hydrogen-bond acceptors (Lipinski definition) is 7. The lowest BCUT2D eigenvalue weighted by atomic mass is 10.0. The average Bonchev–Trinajstić information content (AvgIpc) is 4.03. The topological polar surface area (TPSA) is 208 Å². The molecule has 4 atom stereocenters. The molecule has 2 aliphatic rings. The van der Waals surface area contributed by atoms with Crippen LogP contribution in [-0.4, -0.2) is 100 Å². The van der Waals surface area contributed by atoms with Crippen LogP contribution in [0.3, 0.4) is 0 Å². The van der Waals surface area contributed by atoms with Crippen LogP contribution in [0, 0.1) is 11.8 Å². The molecule has 298 valence electrons. The summed E-state index contributed by atoms with van der Waals surface area (Å²) in [6.07, 6.45) is 5.05. The van der Waals surface area contributed by atoms with E-state index >= 15 is 0 Å². The van der Waals surface area contributed by atoms with Crippen molar-refractivity contribution in [2.75, 3.05) is 19.7 Å². The second kappa shape index (κ2) is 15.2. The molecule has 0 spiro atoms. The van der Waals surface area contributed by atoms with Gasteiger partial charge in [-0.3, -0.25) is 19.2 Å². The van der Waals surface area contributed by atoms with Crippen LogP contribution in [0.1, 0.15) is 84.0 Å². The van der Waals surface area contributed by atoms with Crippen molar-refractivity contribution in [3.05, 3.63) is 60.3 Å². The number of amides is 4. The van der Waals surface area contributed by atoms with Gasteiger partial charge in [0.15, 0.2) is 0 Å². The van der Waals surface area contributed by atoms with Gasteiger partial charge >= 0.3 is 0 Å². The zero-order chi connectivity index (χ0) is 40.1. The molecule has 2 unspecified atom stereocenters. The van der Waals surface area contributed by atoms with Crippen molar-refractivity contribution in [1.82, 2.24) is 50.3 Å². The standard InChI is InChI=1S/C42H50N10O5/c1-21(2)37(44-23(5)54)41(56)51-12-6-8-34(51)39-43-19-33(49-39)32-17-26-14-25-16-28(45-29(25)18-30(26)46-32)24-10-11-27-31(15-24)48-40(47-27)35-9-7-13-52(35)42(57)38(22(3)4)50-36(55)20-53/h10-11,14-19,21-22,34-35,37-38,45-46,53H,6-9,12-13,20H2,1-5H3,(H,43,49)(H,44,54)(H,47,48)(H,50,55)/t34?,35?,37-,38+/m1/s1. The number of aromatic nitrogens is 6. The minimum Gasteiger partial charge on any atom is -0.387 e. The van der Waals surface area contributed by atoms with Gasteiger partial charge in [0, 0.05) is 53.1 Å². The maximum Gasteiger partial charge on any atom is 0.246 e. The summed E-state index contributed by atoms with van der Waals surface area (Å²) in [5.41, 5.74) is 7.29. The minimum atomic E-state index is -0.729. The van der Waals surface area contributed by atoms with Crippen molar-refractivity contribution in [1.29, 1.82) is 0 Å². The SMILES string of the molecule is CC(=O)N[C@@H](C(=O)N1CCCC1c1ncc(-c2cc3cc4cc(-c5ccc6nc(C7CCCN7C(=O)[C@@H](NC(=O)CO)C(C)C)[nH]c6c5)[nH]c4cc3[nH]2)[nH]1)C(C)C. The molecule has 15 heteroatoms. The second-order valence-corrected chi connectivity index (χ2v) is 16.2. The lowest BCUT2D eigenvalue weighted by Crippen LogP contribution is -2.51. The van der Waals surface area contributed by atoms with Crippen molar-refractivity contribution >= 4 is 56.5 Å². The van der Waals surface area contributed by atoms with Crippen LogP contribution in [-0.2, 0) is 19.2 Å². The van der Waals surface area contributed by atoms with Crippen LogP contribution in [0.2, 0.25) is 0 Å². The minimum absolute atomic E-state index is 0.0366. The fourth-order valence-electron chi connectivity index (χ4n) is 8.51. The molecule has 4 aromatic heterocycles. The summed E-state index contributed by atoms with van der Waals surface area (Å²) in [6.45, 7) is 9.60. The van der Waals surface area contributed by atoms with E-state index in [1.807, 2.05) is 44.7 Å². The number of benzene rings is 2. The van der Waals surface area contributed by atoms with E-state index in [2.05, 4.69) is 60.9 Å². The largest absolute Gasteiger partial charge is 0.387 e. The van der Waals surface area contributed by atoms with Gasteiger partial charge in [0.05, 0.1) is 40.7 Å². The van der Waals surface area contributed by atoms with Gasteiger partial charge < -0.3 is 45.5 Å². The van der Waals surface area contributed by atoms with E-state index < -0.39 is 24.6 Å². The van der Waals surface area contributed by atoms with Crippen LogP contribution in [0.4, 0.5) is 0 Å². The summed E-state index contributed by atoms with van der Waals surface area (Å²) < 4.78 is 0. The van der Waals surface area contributed by atoms with Gasteiger partial charge in [0.1, 0.15) is 30.3 Å². The van der Waals surface area contributed by atoms with Crippen molar-refractivity contribution in [3.8, 4) is 22.6 Å². The van der Waals surface area contributed by atoms with Crippen LogP contribution < -0.4 is 10.6 Å². The molecule has 57 heavy (non-hydrogen) atoms. The Morgan fingerprint density at radius 2 is 1.35 bits per heavy atom. The lowest BCUT2D eigenvalue weighted by Gasteiger charge is -2.30. The predicted octanol–water partition coefficient (Wildman–Crippen LogP) is 5.20. The number of aliphatic hydroxyl groups excluding tert-OH is 1. The molecule has 2 fully saturated rings. The zero-order valence-electron chi connectivity index (χ0n) is 32.9. The Morgan fingerprint density at radius 3 is 1.98 bits per heavy atom. The number of fused-ring (bicyclic) bond motifs is 3. The highest BCUT2D eigenvalue weighted by atomic mass is 16.3. The van der Waals surface area contributed by atoms with E-state index in [9.17, 15) is 24.3 Å². The first kappa shape index (κ1) is 37.9. The highest BCUT2D eigenvalue weighted by Crippen LogP contribution is 2.36. The molecule has 0 saturated carbocycles. The smallest absolute Gasteiger partial charge is 0.246 e. The number of carbonyl (C=O) groups excluding carboxylic acids is 4. The molecule has 7 N–H and O–H groups in total. The molecular weight excluding hydrogens is 725 g/mol. The first-order valence-corrected chi connectivity index (χ1v) is 19.9. The number of aromatic amines is 4. The Hall–Kier alpha value is -5.96. The molecule has 0 aliphatic carbocycles. The lowest BCUT2D eigenvalue weighted by molar-refractivity contribution is -0.139. The molecule has 15 nitrogen and oxygen atoms in total. The van der Waals surface area contributed by atoms with Gasteiger partial charge in [0.2, 0.25) is 23.6 Å². The third-order valence-electron chi connectivity index (χ3n) is 11.4. The van der Waals surface area contributed by atoms with Gasteiger partial charge in [-0.2, -0.15) is 0 Å². The normalized spacial score (nSPS) is 18.4. The highest BCUT2D eigenvalue weighted by Gasteiger charge is 2.38. The fourth-order valence-corrected chi connectivity index (χ4v) is 8.51. The Kier molecular flexibility index (Phi) is 10.1. The van der Waals surface area contributed by atoms with Crippen molar-refractivity contribution in [2.45, 2.75) is 84.5 Å². The van der Waals surface area contributed by atoms with Crippen molar-refractivity contribution in [3.63, 3.8) is 0 Å². The maximum absolute atomic E-state index is 13.6. The van der Waals surface area contributed by atoms with E-state index in [1.165, 1.54) is 6.92 Å². The molecule has 6 heterocycles. The molecule has 8 rings (SSSR count). The maximum atomic E-state index is 13.6. The summed E-state index contributed by atoms with van der Waals surface area (Å²) in [4.78, 5) is 78.3. The molecular formula is C42H50N10O5. The van der Waals surface area contributed by atoms with Gasteiger partial charge in [-0.15, -0.1) is 0 Å². The summed E-state index contributed by atoms with van der Waals surface area (Å²) in [5.74, 6) is 0.231. The first-order chi connectivity index (χ1) is 27.4. The monoisotopic (exact) mass is 774 g/mol. The van der Waals surface area contributed by atoms with Crippen molar-refractivity contribution in [2.24, 2.45) is 11.8 Å². The number of hydrogen-bond donors (Lipinski definition) is 7. The molecule has 2 saturated heterocycles. The quantitative estimate of drug-likeness (QED) is 0.0935. The number of imidazole rings is 2. The number of nitrogens with zero attached hydrogens (tertiary/aromatic N) is 4. The Labute approximate surface area is 329 Å². The molecule has 4 amide bonds. The molecule has 2 aromatic carbocycles. The number of nitrogens with one attached hydrogen (secondary N) is 6. The number of rotatable bonds is 11. The van der Waals surface area contributed by atoms with Crippen LogP contribution >= 0.6 is 0 Å². The molecule has 0 radical (unpaired) electrons. The van der Waals surface area contributed by atoms with Crippen LogP contribution in [0.25, 0.3) is 55.5 Å². The van der Waals surface area contributed by atoms with E-state index in [0.717, 1.165) is 87.0 Å². The Balaban J connectivity index is 0.999. The second-order valence-electron chi connectivity index (χ2n) is 16.2. The van der Waals surface area contributed by atoms with Crippen molar-refractivity contribution < 1.29 is 24.3 Å². The zero-order valence-corrected chi connectivity index (χ0v) is 32.9. The number of aliphatic hydroxyl groups is 1. The molecule has 6 aromatic rings. The fraction of sp³-hybridized carbons (Fsp3) is 0.429. The van der Waals surface area contributed by atoms with Crippen LogP contribution in [0.5, 0.6) is 0 Å². The van der Waals surface area contributed by atoms with E-state index in [0.29, 0.717) is 18.9 Å². The number of likely N-dealkylation sites (tertiary alicyclic amines) is 2. The average molecular weight is 775 g/mol. The third kappa shape index (κ3) is 7.27. The predicted molar refractivity (Wildman–Crippen MR) is 216 cm³/mol. The third-order valence-corrected chi connectivity index (χ3v) is 11.4. The number of H-pyrrole nitrogens is 4. The van der Waals surface area contributed by atoms with Gasteiger partial charge in [-0.25, -0.2) is 9.97 Å². The summed E-state index contributed by atoms with van der Waals surface area (Å²) in [5, 5.41) is 16.9. The van der Waals surface area contributed by atoms with E-state index in [1.54, 1.807) is 11.1 Å². The number of carbonyl (C=O) groups is 4. The first-order valence-electron chi connectivity index (χ1n) is 19.9. The van der Waals surface area contributed by atoms with Gasteiger partial charge in [-0.1, -0.05) is 33.8 Å². The molecule has 2 aliphatic heterocycles. The van der Waals surface area contributed by atoms with E-state index in [4.69, 9.17) is 9.97 Å². The van der Waals surface area contributed by atoms with Crippen LogP contribution in [0.15, 0.2) is 48.7 Å². The summed E-state index contributed by atoms with van der Waals surface area (Å²) >= 11 is 0. The molecule has 0 bridgehead atoms. The van der Waals surface area contributed by atoms with Gasteiger partial charge in [0.25, 0.3) is 0 Å². The Bertz CT molecular complexity index is 2440. The van der Waals surface area contributed by atoms with Gasteiger partial charge in [-0.05, 0) is 73.9 Å². The summed E-state index contributed by atoms with van der Waals surface area (Å²) in [7, 11) is 0. The Morgan fingerprint density at radius 1 is 0.737 bits per heavy atom.